The van der Waals surface area contributed by atoms with Crippen LogP contribution in [0.2, 0.25) is 0 Å². The van der Waals surface area contributed by atoms with E-state index in [0.29, 0.717) is 4.47 Å². The van der Waals surface area contributed by atoms with Crippen molar-refractivity contribution in [3.63, 3.8) is 0 Å². The van der Waals surface area contributed by atoms with E-state index in [9.17, 15) is 9.18 Å². The zero-order valence-corrected chi connectivity index (χ0v) is 10.5. The predicted molar refractivity (Wildman–Crippen MR) is 61.0 cm³/mol. The van der Waals surface area contributed by atoms with Crippen molar-refractivity contribution in [2.24, 2.45) is 5.92 Å². The van der Waals surface area contributed by atoms with Gasteiger partial charge in [-0.25, -0.2) is 9.18 Å². The summed E-state index contributed by atoms with van der Waals surface area (Å²) in [5.41, 5.74) is 0. The number of benzene rings is 1. The van der Waals surface area contributed by atoms with E-state index in [1.54, 1.807) is 13.8 Å². The molecule has 0 amide bonds. The number of halogens is 2. The number of aliphatic carboxylic acids is 1. The average molecular weight is 291 g/mol. The highest BCUT2D eigenvalue weighted by Gasteiger charge is 2.24. The first kappa shape index (κ1) is 13.0. The van der Waals surface area contributed by atoms with Crippen LogP contribution in [-0.4, -0.2) is 17.2 Å². The van der Waals surface area contributed by atoms with Crippen LogP contribution >= 0.6 is 15.9 Å². The number of rotatable bonds is 4. The number of carboxylic acids is 1. The third kappa shape index (κ3) is 3.20. The van der Waals surface area contributed by atoms with E-state index in [2.05, 4.69) is 15.9 Å². The molecule has 0 heterocycles. The molecule has 3 nitrogen and oxygen atoms in total. The van der Waals surface area contributed by atoms with E-state index in [-0.39, 0.29) is 11.7 Å². The van der Waals surface area contributed by atoms with Gasteiger partial charge < -0.3 is 9.84 Å². The molecule has 1 rings (SSSR count). The van der Waals surface area contributed by atoms with Gasteiger partial charge in [-0.3, -0.25) is 0 Å². The molecule has 0 fully saturated rings. The van der Waals surface area contributed by atoms with Crippen LogP contribution in [0.3, 0.4) is 0 Å². The van der Waals surface area contributed by atoms with Gasteiger partial charge in [-0.2, -0.15) is 0 Å². The Kier molecular flexibility index (Phi) is 4.29. The molecule has 1 atom stereocenters. The van der Waals surface area contributed by atoms with E-state index in [4.69, 9.17) is 9.84 Å². The molecule has 0 spiro atoms. The predicted octanol–water partition coefficient (Wildman–Crippen LogP) is 3.08. The Bertz CT molecular complexity index is 393. The Morgan fingerprint density at radius 1 is 1.50 bits per heavy atom. The minimum absolute atomic E-state index is 0.195. The van der Waals surface area contributed by atoms with E-state index < -0.39 is 17.9 Å². The van der Waals surface area contributed by atoms with Gasteiger partial charge in [0.05, 0.1) is 4.47 Å². The Morgan fingerprint density at radius 2 is 2.12 bits per heavy atom. The number of hydrogen-bond donors (Lipinski definition) is 1. The van der Waals surface area contributed by atoms with Crippen LogP contribution < -0.4 is 4.74 Å². The van der Waals surface area contributed by atoms with Crippen molar-refractivity contribution in [2.45, 2.75) is 20.0 Å². The van der Waals surface area contributed by atoms with Crippen molar-refractivity contribution in [3.8, 4) is 5.75 Å². The first-order chi connectivity index (χ1) is 7.41. The lowest BCUT2D eigenvalue weighted by Gasteiger charge is -2.19. The van der Waals surface area contributed by atoms with Crippen molar-refractivity contribution in [1.29, 1.82) is 0 Å². The average Bonchev–Trinajstić information content (AvgIpc) is 2.18. The fourth-order valence-corrected chi connectivity index (χ4v) is 1.52. The molecular weight excluding hydrogens is 279 g/mol. The van der Waals surface area contributed by atoms with Crippen molar-refractivity contribution in [1.82, 2.24) is 0 Å². The van der Waals surface area contributed by atoms with Gasteiger partial charge in [0.1, 0.15) is 11.6 Å². The molecule has 5 heteroatoms. The van der Waals surface area contributed by atoms with Crippen LogP contribution in [0, 0.1) is 11.7 Å². The molecule has 0 aromatic heterocycles. The number of carbonyl (C=O) groups is 1. The van der Waals surface area contributed by atoms with Crippen LogP contribution in [0.5, 0.6) is 5.75 Å². The first-order valence-corrected chi connectivity index (χ1v) is 5.55. The van der Waals surface area contributed by atoms with Gasteiger partial charge in [0, 0.05) is 12.0 Å². The lowest BCUT2D eigenvalue weighted by molar-refractivity contribution is -0.147. The minimum Gasteiger partial charge on any atom is -0.478 e. The maximum Gasteiger partial charge on any atom is 0.345 e. The Labute approximate surface area is 101 Å². The second-order valence-electron chi connectivity index (χ2n) is 3.70. The number of hydrogen-bond acceptors (Lipinski definition) is 2. The topological polar surface area (TPSA) is 46.5 Å². The van der Waals surface area contributed by atoms with Gasteiger partial charge in [-0.15, -0.1) is 0 Å². The molecule has 0 saturated heterocycles. The summed E-state index contributed by atoms with van der Waals surface area (Å²) in [7, 11) is 0. The standard InChI is InChI=1S/C11H12BrFO3/c1-6(2)10(11(14)15)16-9-5-7(13)3-4-8(9)12/h3-6,10H,1-2H3,(H,14,15). The van der Waals surface area contributed by atoms with Gasteiger partial charge in [0.15, 0.2) is 6.10 Å². The van der Waals surface area contributed by atoms with Crippen molar-refractivity contribution in [2.75, 3.05) is 0 Å². The van der Waals surface area contributed by atoms with E-state index in [1.165, 1.54) is 12.1 Å². The molecule has 0 radical (unpaired) electrons. The maximum atomic E-state index is 13.0. The van der Waals surface area contributed by atoms with Crippen LogP contribution in [0.4, 0.5) is 4.39 Å². The summed E-state index contributed by atoms with van der Waals surface area (Å²) in [5, 5.41) is 8.93. The molecule has 1 unspecified atom stereocenters. The third-order valence-electron chi connectivity index (χ3n) is 2.00. The summed E-state index contributed by atoms with van der Waals surface area (Å²) in [6, 6.07) is 3.90. The Morgan fingerprint density at radius 3 is 2.62 bits per heavy atom. The summed E-state index contributed by atoms with van der Waals surface area (Å²) in [6.45, 7) is 3.46. The third-order valence-corrected chi connectivity index (χ3v) is 2.65. The first-order valence-electron chi connectivity index (χ1n) is 4.76. The zero-order chi connectivity index (χ0) is 12.3. The highest BCUT2D eigenvalue weighted by Crippen LogP contribution is 2.27. The summed E-state index contributed by atoms with van der Waals surface area (Å²) >= 11 is 3.17. The summed E-state index contributed by atoms with van der Waals surface area (Å²) in [6.07, 6.45) is -0.988. The lowest BCUT2D eigenvalue weighted by Crippen LogP contribution is -2.32. The van der Waals surface area contributed by atoms with Crippen LogP contribution in [0.15, 0.2) is 22.7 Å². The maximum absolute atomic E-state index is 13.0. The molecule has 0 saturated carbocycles. The molecule has 1 N–H and O–H groups in total. The SMILES string of the molecule is CC(C)C(Oc1cc(F)ccc1Br)C(=O)O. The lowest BCUT2D eigenvalue weighted by atomic mass is 10.1. The van der Waals surface area contributed by atoms with E-state index in [1.807, 2.05) is 0 Å². The zero-order valence-electron chi connectivity index (χ0n) is 8.91. The molecule has 1 aromatic carbocycles. The van der Waals surface area contributed by atoms with Gasteiger partial charge in [-0.05, 0) is 28.1 Å². The Balaban J connectivity index is 2.93. The van der Waals surface area contributed by atoms with Gasteiger partial charge in [0.2, 0.25) is 0 Å². The van der Waals surface area contributed by atoms with Crippen molar-refractivity contribution < 1.29 is 19.0 Å². The monoisotopic (exact) mass is 290 g/mol. The van der Waals surface area contributed by atoms with Crippen molar-refractivity contribution in [3.05, 3.63) is 28.5 Å². The number of carboxylic acid groups (broad SMARTS) is 1. The summed E-state index contributed by atoms with van der Waals surface area (Å²) < 4.78 is 18.7. The molecule has 88 valence electrons. The fraction of sp³-hybridized carbons (Fsp3) is 0.364. The minimum atomic E-state index is -1.06. The van der Waals surface area contributed by atoms with Gasteiger partial charge in [0.25, 0.3) is 0 Å². The molecule has 0 aliphatic rings. The highest BCUT2D eigenvalue weighted by molar-refractivity contribution is 9.10. The highest BCUT2D eigenvalue weighted by atomic mass is 79.9. The Hall–Kier alpha value is -1.10. The number of ether oxygens (including phenoxy) is 1. The summed E-state index contributed by atoms with van der Waals surface area (Å²) in [4.78, 5) is 10.9. The van der Waals surface area contributed by atoms with Gasteiger partial charge >= 0.3 is 5.97 Å². The van der Waals surface area contributed by atoms with E-state index in [0.717, 1.165) is 6.07 Å². The van der Waals surface area contributed by atoms with Gasteiger partial charge in [-0.1, -0.05) is 13.8 Å². The molecule has 0 bridgehead atoms. The second-order valence-corrected chi connectivity index (χ2v) is 4.55. The van der Waals surface area contributed by atoms with E-state index >= 15 is 0 Å². The van der Waals surface area contributed by atoms with Crippen molar-refractivity contribution >= 4 is 21.9 Å². The normalized spacial score (nSPS) is 12.6. The quantitative estimate of drug-likeness (QED) is 0.927. The molecule has 16 heavy (non-hydrogen) atoms. The van der Waals surface area contributed by atoms with Crippen LogP contribution in [0.1, 0.15) is 13.8 Å². The smallest absolute Gasteiger partial charge is 0.345 e. The second kappa shape index (κ2) is 5.30. The largest absolute Gasteiger partial charge is 0.478 e. The van der Waals surface area contributed by atoms with Crippen LogP contribution in [0.25, 0.3) is 0 Å². The fourth-order valence-electron chi connectivity index (χ4n) is 1.18. The molecule has 1 aromatic rings. The molecular formula is C11H12BrFO3. The summed E-state index contributed by atoms with van der Waals surface area (Å²) in [5.74, 6) is -1.54. The van der Waals surface area contributed by atoms with Crippen LogP contribution in [-0.2, 0) is 4.79 Å². The molecule has 0 aliphatic heterocycles. The molecule has 0 aliphatic carbocycles.